The zero-order valence-electron chi connectivity index (χ0n) is 18.0. The number of aryl methyl sites for hydroxylation is 1. The lowest BCUT2D eigenvalue weighted by atomic mass is 10.1. The Hall–Kier alpha value is -2.83. The first-order valence-corrected chi connectivity index (χ1v) is 10.9. The predicted molar refractivity (Wildman–Crippen MR) is 119 cm³/mol. The highest BCUT2D eigenvalue weighted by molar-refractivity contribution is 6.03. The number of Topliss-reactive ketones (excluding diaryl/α,β-unsaturated/α-hetero) is 1. The summed E-state index contributed by atoms with van der Waals surface area (Å²) in [6, 6.07) is 14.0. The van der Waals surface area contributed by atoms with E-state index in [1.807, 2.05) is 30.3 Å². The molecule has 1 aliphatic heterocycles. The summed E-state index contributed by atoms with van der Waals surface area (Å²) in [5.74, 6) is 0.935. The molecule has 0 radical (unpaired) electrons. The standard InChI is InChI=1S/C25H29NO5/c1-19(27)22-18-21-9-14-30-23(21)25(29-13-5-8-20-6-3-2-4-7-20)24(22)31-17-12-26-10-15-28-16-11-26/h2-4,6-7,9,14,18H,5,8,10-13,15-17H2,1H3. The third-order valence-corrected chi connectivity index (χ3v) is 5.49. The van der Waals surface area contributed by atoms with E-state index in [-0.39, 0.29) is 5.78 Å². The number of hydrogen-bond donors (Lipinski definition) is 0. The van der Waals surface area contributed by atoms with Crippen molar-refractivity contribution in [3.63, 3.8) is 0 Å². The monoisotopic (exact) mass is 423 g/mol. The zero-order valence-corrected chi connectivity index (χ0v) is 18.0. The van der Waals surface area contributed by atoms with Crippen LogP contribution in [0.15, 0.2) is 53.1 Å². The van der Waals surface area contributed by atoms with Gasteiger partial charge in [0.05, 0.1) is 31.6 Å². The number of hydrogen-bond acceptors (Lipinski definition) is 6. The molecule has 0 bridgehead atoms. The number of nitrogens with zero attached hydrogens (tertiary/aromatic N) is 1. The lowest BCUT2D eigenvalue weighted by molar-refractivity contribution is 0.0320. The van der Waals surface area contributed by atoms with Crippen LogP contribution in [0.3, 0.4) is 0 Å². The number of benzene rings is 2. The van der Waals surface area contributed by atoms with Crippen LogP contribution in [0.4, 0.5) is 0 Å². The Morgan fingerprint density at radius 1 is 1.03 bits per heavy atom. The maximum absolute atomic E-state index is 12.4. The minimum atomic E-state index is -0.0568. The van der Waals surface area contributed by atoms with Gasteiger partial charge in [-0.2, -0.15) is 0 Å². The summed E-state index contributed by atoms with van der Waals surface area (Å²) in [4.78, 5) is 14.7. The molecule has 0 amide bonds. The Morgan fingerprint density at radius 2 is 1.81 bits per heavy atom. The van der Waals surface area contributed by atoms with Crippen molar-refractivity contribution in [2.24, 2.45) is 0 Å². The molecule has 4 rings (SSSR count). The van der Waals surface area contributed by atoms with Crippen LogP contribution in [0.2, 0.25) is 0 Å². The molecule has 0 spiro atoms. The molecule has 1 fully saturated rings. The number of carbonyl (C=O) groups excluding carboxylic acids is 1. The molecule has 0 aliphatic carbocycles. The highest BCUT2D eigenvalue weighted by Crippen LogP contribution is 2.40. The van der Waals surface area contributed by atoms with Gasteiger partial charge in [-0.05, 0) is 37.5 Å². The molecule has 2 heterocycles. The molecule has 0 N–H and O–H groups in total. The quantitative estimate of drug-likeness (QED) is 0.357. The van der Waals surface area contributed by atoms with Gasteiger partial charge in [-0.15, -0.1) is 0 Å². The minimum Gasteiger partial charge on any atom is -0.487 e. The van der Waals surface area contributed by atoms with Crippen LogP contribution >= 0.6 is 0 Å². The number of carbonyl (C=O) groups is 1. The average molecular weight is 424 g/mol. The summed E-state index contributed by atoms with van der Waals surface area (Å²) in [6.45, 7) is 6.56. The minimum absolute atomic E-state index is 0.0568. The Kier molecular flexibility index (Phi) is 7.22. The fourth-order valence-electron chi connectivity index (χ4n) is 3.80. The summed E-state index contributed by atoms with van der Waals surface area (Å²) in [5, 5.41) is 0.837. The van der Waals surface area contributed by atoms with Crippen molar-refractivity contribution in [1.29, 1.82) is 0 Å². The van der Waals surface area contributed by atoms with Crippen LogP contribution in [0.1, 0.15) is 29.3 Å². The van der Waals surface area contributed by atoms with Gasteiger partial charge in [-0.1, -0.05) is 30.3 Å². The van der Waals surface area contributed by atoms with Crippen molar-refractivity contribution < 1.29 is 23.4 Å². The number of ketones is 1. The van der Waals surface area contributed by atoms with Crippen LogP contribution in [0.25, 0.3) is 11.0 Å². The first kappa shape index (κ1) is 21.4. The van der Waals surface area contributed by atoms with E-state index < -0.39 is 0 Å². The van der Waals surface area contributed by atoms with Crippen LogP contribution in [-0.2, 0) is 11.2 Å². The van der Waals surface area contributed by atoms with Crippen LogP contribution < -0.4 is 9.47 Å². The zero-order chi connectivity index (χ0) is 21.5. The van der Waals surface area contributed by atoms with Gasteiger partial charge in [0.15, 0.2) is 17.1 Å². The second-order valence-electron chi connectivity index (χ2n) is 7.72. The van der Waals surface area contributed by atoms with E-state index in [1.165, 1.54) is 5.56 Å². The second kappa shape index (κ2) is 10.5. The number of rotatable bonds is 10. The fraction of sp³-hybridized carbons (Fsp3) is 0.400. The molecule has 1 aliphatic rings. The summed E-state index contributed by atoms with van der Waals surface area (Å²) in [5.41, 5.74) is 2.41. The maximum Gasteiger partial charge on any atom is 0.205 e. The van der Waals surface area contributed by atoms with E-state index in [0.29, 0.717) is 35.9 Å². The molecule has 0 unspecified atom stereocenters. The maximum atomic E-state index is 12.4. The van der Waals surface area contributed by atoms with E-state index in [9.17, 15) is 4.79 Å². The summed E-state index contributed by atoms with van der Waals surface area (Å²) in [7, 11) is 0. The fourth-order valence-corrected chi connectivity index (χ4v) is 3.80. The van der Waals surface area contributed by atoms with Crippen LogP contribution in [-0.4, -0.2) is 56.7 Å². The van der Waals surface area contributed by atoms with E-state index in [1.54, 1.807) is 13.2 Å². The first-order chi connectivity index (χ1) is 15.2. The lowest BCUT2D eigenvalue weighted by Gasteiger charge is -2.26. The Morgan fingerprint density at radius 3 is 2.58 bits per heavy atom. The number of morpholine rings is 1. The highest BCUT2D eigenvalue weighted by atomic mass is 16.5. The van der Waals surface area contributed by atoms with Gasteiger partial charge in [-0.3, -0.25) is 9.69 Å². The third kappa shape index (κ3) is 5.46. The molecule has 0 saturated carbocycles. The van der Waals surface area contributed by atoms with Crippen LogP contribution in [0, 0.1) is 0 Å². The van der Waals surface area contributed by atoms with Gasteiger partial charge >= 0.3 is 0 Å². The molecule has 1 saturated heterocycles. The van der Waals surface area contributed by atoms with Crippen molar-refractivity contribution in [2.75, 3.05) is 46.1 Å². The van der Waals surface area contributed by atoms with Gasteiger partial charge in [0.2, 0.25) is 5.75 Å². The van der Waals surface area contributed by atoms with E-state index in [0.717, 1.165) is 51.1 Å². The van der Waals surface area contributed by atoms with E-state index >= 15 is 0 Å². The van der Waals surface area contributed by atoms with Gasteiger partial charge < -0.3 is 18.6 Å². The number of ether oxygens (including phenoxy) is 3. The van der Waals surface area contributed by atoms with Crippen molar-refractivity contribution >= 4 is 16.8 Å². The predicted octanol–water partition coefficient (Wildman–Crippen LogP) is 4.36. The van der Waals surface area contributed by atoms with Gasteiger partial charge in [0.25, 0.3) is 0 Å². The van der Waals surface area contributed by atoms with Crippen molar-refractivity contribution in [3.8, 4) is 11.5 Å². The van der Waals surface area contributed by atoms with Gasteiger partial charge in [0.1, 0.15) is 6.61 Å². The summed E-state index contributed by atoms with van der Waals surface area (Å²) in [6.07, 6.45) is 3.38. The van der Waals surface area contributed by atoms with E-state index in [2.05, 4.69) is 17.0 Å². The molecular weight excluding hydrogens is 394 g/mol. The molecule has 31 heavy (non-hydrogen) atoms. The Bertz CT molecular complexity index is 992. The molecule has 1 aromatic heterocycles. The molecule has 0 atom stereocenters. The SMILES string of the molecule is CC(=O)c1cc2ccoc2c(OCCCc2ccccc2)c1OCCN1CCOCC1. The normalized spacial score (nSPS) is 14.6. The molecule has 2 aromatic carbocycles. The van der Waals surface area contributed by atoms with Crippen molar-refractivity contribution in [3.05, 3.63) is 59.9 Å². The van der Waals surface area contributed by atoms with E-state index in [4.69, 9.17) is 18.6 Å². The smallest absolute Gasteiger partial charge is 0.205 e. The Balaban J connectivity index is 1.49. The highest BCUT2D eigenvalue weighted by Gasteiger charge is 2.22. The third-order valence-electron chi connectivity index (χ3n) is 5.49. The van der Waals surface area contributed by atoms with Gasteiger partial charge in [-0.25, -0.2) is 0 Å². The molecule has 164 valence electrons. The molecule has 6 heteroatoms. The molecule has 3 aromatic rings. The largest absolute Gasteiger partial charge is 0.487 e. The molecule has 6 nitrogen and oxygen atoms in total. The molecular formula is C25H29NO5. The van der Waals surface area contributed by atoms with Gasteiger partial charge in [0, 0.05) is 25.0 Å². The second-order valence-corrected chi connectivity index (χ2v) is 7.72. The summed E-state index contributed by atoms with van der Waals surface area (Å²) < 4.78 is 23.4. The van der Waals surface area contributed by atoms with Crippen LogP contribution in [0.5, 0.6) is 11.5 Å². The number of fused-ring (bicyclic) bond motifs is 1. The number of furan rings is 1. The lowest BCUT2D eigenvalue weighted by Crippen LogP contribution is -2.38. The topological polar surface area (TPSA) is 61.1 Å². The van der Waals surface area contributed by atoms with Crippen molar-refractivity contribution in [1.82, 2.24) is 4.90 Å². The first-order valence-electron chi connectivity index (χ1n) is 10.9. The summed E-state index contributed by atoms with van der Waals surface area (Å²) >= 11 is 0. The van der Waals surface area contributed by atoms with Crippen molar-refractivity contribution in [2.45, 2.75) is 19.8 Å². The Labute approximate surface area is 182 Å². The average Bonchev–Trinajstić information content (AvgIpc) is 3.27.